The number of likely N-dealkylation sites (tertiary alicyclic amines) is 1. The third-order valence-electron chi connectivity index (χ3n) is 7.25. The molecule has 2 amide bonds. The topological polar surface area (TPSA) is 60.9 Å². The van der Waals surface area contributed by atoms with Crippen LogP contribution < -0.4 is 4.90 Å². The van der Waals surface area contributed by atoms with Crippen LogP contribution in [0.4, 0.5) is 10.1 Å². The molecule has 3 aliphatic rings. The van der Waals surface area contributed by atoms with E-state index in [1.165, 1.54) is 18.6 Å². The molecule has 2 fully saturated rings. The van der Waals surface area contributed by atoms with Crippen LogP contribution in [0.2, 0.25) is 0 Å². The van der Waals surface area contributed by atoms with Gasteiger partial charge >= 0.3 is 0 Å². The van der Waals surface area contributed by atoms with Gasteiger partial charge in [0.2, 0.25) is 5.91 Å². The molecule has 6 heteroatoms. The van der Waals surface area contributed by atoms with Gasteiger partial charge in [-0.1, -0.05) is 49.6 Å². The normalized spacial score (nSPS) is 25.4. The first-order valence-corrected chi connectivity index (χ1v) is 11.2. The van der Waals surface area contributed by atoms with Crippen LogP contribution in [-0.4, -0.2) is 47.1 Å². The summed E-state index contributed by atoms with van der Waals surface area (Å²) >= 11 is 0. The van der Waals surface area contributed by atoms with Crippen LogP contribution in [0, 0.1) is 11.7 Å². The molecular weight excluding hydrogens is 395 g/mol. The second kappa shape index (κ2) is 8.08. The first-order valence-electron chi connectivity index (χ1n) is 11.2. The molecule has 162 valence electrons. The fraction of sp³-hybridized carbons (Fsp3) is 0.440. The molecular formula is C25H27FN2O3. The lowest BCUT2D eigenvalue weighted by Crippen LogP contribution is -2.71. The molecule has 5 rings (SSSR count). The molecule has 2 aliphatic heterocycles. The van der Waals surface area contributed by atoms with Crippen molar-refractivity contribution < 1.29 is 19.1 Å². The summed E-state index contributed by atoms with van der Waals surface area (Å²) in [5, 5.41) is 10.1. The Morgan fingerprint density at radius 3 is 2.45 bits per heavy atom. The van der Waals surface area contributed by atoms with Crippen molar-refractivity contribution in [2.24, 2.45) is 5.92 Å². The Morgan fingerprint density at radius 1 is 1.00 bits per heavy atom. The molecule has 1 saturated heterocycles. The number of benzene rings is 2. The van der Waals surface area contributed by atoms with Crippen LogP contribution in [0.3, 0.4) is 0 Å². The van der Waals surface area contributed by atoms with E-state index in [0.717, 1.165) is 36.9 Å². The number of aliphatic hydroxyl groups is 1. The Labute approximate surface area is 181 Å². The van der Waals surface area contributed by atoms with Crippen molar-refractivity contribution >= 4 is 17.5 Å². The average molecular weight is 423 g/mol. The zero-order valence-corrected chi connectivity index (χ0v) is 17.4. The lowest BCUT2D eigenvalue weighted by molar-refractivity contribution is -0.124. The van der Waals surface area contributed by atoms with Gasteiger partial charge in [-0.3, -0.25) is 9.59 Å². The molecule has 1 saturated carbocycles. The van der Waals surface area contributed by atoms with Gasteiger partial charge in [-0.2, -0.15) is 0 Å². The van der Waals surface area contributed by atoms with Crippen LogP contribution in [0.15, 0.2) is 48.5 Å². The molecule has 1 N–H and O–H groups in total. The quantitative estimate of drug-likeness (QED) is 0.820. The number of carbonyl (C=O) groups excluding carboxylic acids is 2. The van der Waals surface area contributed by atoms with E-state index in [1.807, 2.05) is 29.2 Å². The van der Waals surface area contributed by atoms with Crippen LogP contribution in [0.25, 0.3) is 0 Å². The van der Waals surface area contributed by atoms with Crippen molar-refractivity contribution in [2.45, 2.75) is 50.1 Å². The minimum absolute atomic E-state index is 0.00316. The highest BCUT2D eigenvalue weighted by atomic mass is 19.1. The Balaban J connectivity index is 1.50. The smallest absolute Gasteiger partial charge is 0.257 e. The first-order chi connectivity index (χ1) is 15.1. The number of para-hydroxylation sites is 1. The zero-order valence-electron chi connectivity index (χ0n) is 17.4. The highest BCUT2D eigenvalue weighted by Gasteiger charge is 2.55. The van der Waals surface area contributed by atoms with E-state index >= 15 is 0 Å². The van der Waals surface area contributed by atoms with Gasteiger partial charge in [-0.15, -0.1) is 0 Å². The summed E-state index contributed by atoms with van der Waals surface area (Å²) in [5.74, 6) is -0.923. The number of carbonyl (C=O) groups is 2. The second-order valence-corrected chi connectivity index (χ2v) is 8.88. The Morgan fingerprint density at radius 2 is 1.71 bits per heavy atom. The van der Waals surface area contributed by atoms with E-state index in [9.17, 15) is 19.1 Å². The van der Waals surface area contributed by atoms with Gasteiger partial charge in [0, 0.05) is 24.1 Å². The molecule has 2 heterocycles. The molecule has 31 heavy (non-hydrogen) atoms. The van der Waals surface area contributed by atoms with Crippen molar-refractivity contribution in [1.29, 1.82) is 0 Å². The summed E-state index contributed by atoms with van der Waals surface area (Å²) in [5.41, 5.74) is 1.87. The molecule has 3 atom stereocenters. The number of hydrogen-bond acceptors (Lipinski definition) is 3. The van der Waals surface area contributed by atoms with E-state index in [0.29, 0.717) is 6.54 Å². The number of fused-ring (bicyclic) bond motifs is 3. The molecule has 0 bridgehead atoms. The fourth-order valence-corrected chi connectivity index (χ4v) is 5.72. The summed E-state index contributed by atoms with van der Waals surface area (Å²) < 4.78 is 14.3. The van der Waals surface area contributed by atoms with Crippen LogP contribution in [-0.2, 0) is 4.79 Å². The Hall–Kier alpha value is -2.73. The van der Waals surface area contributed by atoms with Gasteiger partial charge in [0.25, 0.3) is 5.91 Å². The second-order valence-electron chi connectivity index (χ2n) is 8.88. The van der Waals surface area contributed by atoms with Crippen molar-refractivity contribution in [1.82, 2.24) is 4.90 Å². The number of hydrogen-bond donors (Lipinski definition) is 1. The van der Waals surface area contributed by atoms with Crippen molar-refractivity contribution in [3.05, 3.63) is 65.5 Å². The van der Waals surface area contributed by atoms with Crippen LogP contribution >= 0.6 is 0 Å². The van der Waals surface area contributed by atoms with Gasteiger partial charge in [-0.05, 0) is 36.6 Å². The third-order valence-corrected chi connectivity index (χ3v) is 7.25. The van der Waals surface area contributed by atoms with E-state index in [1.54, 1.807) is 17.0 Å². The SMILES string of the molecule is O=C(C1CCCCC1)N1C[C@H]2[C@@H](c3ccccc31)[C@H](CO)N2C(=O)c1ccccc1F. The Kier molecular flexibility index (Phi) is 5.26. The standard InChI is InChI=1S/C25H27FN2O3/c26-19-12-6-4-10-17(19)25(31)28-21-14-27(24(30)16-8-2-1-3-9-16)20-13-7-5-11-18(20)23(21)22(28)15-29/h4-7,10-13,16,21-23,29H,1-3,8-9,14-15H2/t21-,22-,23+/m0/s1. The minimum Gasteiger partial charge on any atom is -0.394 e. The fourth-order valence-electron chi connectivity index (χ4n) is 5.72. The molecule has 0 aromatic heterocycles. The summed E-state index contributed by atoms with van der Waals surface area (Å²) in [6, 6.07) is 13.0. The molecule has 0 unspecified atom stereocenters. The van der Waals surface area contributed by atoms with Crippen LogP contribution in [0.5, 0.6) is 0 Å². The Bertz CT molecular complexity index is 1000. The number of nitrogens with zero attached hydrogens (tertiary/aromatic N) is 2. The largest absolute Gasteiger partial charge is 0.394 e. The molecule has 2 aromatic rings. The first kappa shape index (κ1) is 20.2. The predicted octanol–water partition coefficient (Wildman–Crippen LogP) is 3.72. The number of halogens is 1. The van der Waals surface area contributed by atoms with Crippen molar-refractivity contribution in [3.8, 4) is 0 Å². The lowest BCUT2D eigenvalue weighted by atomic mass is 9.71. The maximum atomic E-state index is 14.3. The summed E-state index contributed by atoms with van der Waals surface area (Å²) in [6.07, 6.45) is 5.13. The van der Waals surface area contributed by atoms with Gasteiger partial charge in [0.1, 0.15) is 5.82 Å². The third kappa shape index (κ3) is 3.24. The monoisotopic (exact) mass is 422 g/mol. The number of amides is 2. The van der Waals surface area contributed by atoms with Crippen LogP contribution in [0.1, 0.15) is 53.9 Å². The highest BCUT2D eigenvalue weighted by molar-refractivity contribution is 5.99. The van der Waals surface area contributed by atoms with Crippen molar-refractivity contribution in [2.75, 3.05) is 18.1 Å². The number of rotatable bonds is 3. The van der Waals surface area contributed by atoms with Gasteiger partial charge < -0.3 is 14.9 Å². The van der Waals surface area contributed by atoms with Crippen molar-refractivity contribution in [3.63, 3.8) is 0 Å². The lowest BCUT2D eigenvalue weighted by Gasteiger charge is -2.59. The van der Waals surface area contributed by atoms with E-state index in [2.05, 4.69) is 0 Å². The zero-order chi connectivity index (χ0) is 21.5. The molecule has 0 radical (unpaired) electrons. The average Bonchev–Trinajstić information content (AvgIpc) is 2.79. The summed E-state index contributed by atoms with van der Waals surface area (Å²) in [6.45, 7) is 0.181. The maximum absolute atomic E-state index is 14.3. The molecule has 0 spiro atoms. The molecule has 5 nitrogen and oxygen atoms in total. The highest BCUT2D eigenvalue weighted by Crippen LogP contribution is 2.49. The van der Waals surface area contributed by atoms with E-state index in [-0.39, 0.29) is 36.0 Å². The summed E-state index contributed by atoms with van der Waals surface area (Å²) in [4.78, 5) is 30.1. The minimum atomic E-state index is -0.570. The van der Waals surface area contributed by atoms with Gasteiger partial charge in [0.15, 0.2) is 0 Å². The van der Waals surface area contributed by atoms with E-state index in [4.69, 9.17) is 0 Å². The number of aliphatic hydroxyl groups excluding tert-OH is 1. The molecule has 2 aromatic carbocycles. The predicted molar refractivity (Wildman–Crippen MR) is 115 cm³/mol. The maximum Gasteiger partial charge on any atom is 0.257 e. The number of anilines is 1. The van der Waals surface area contributed by atoms with Gasteiger partial charge in [0.05, 0.1) is 24.3 Å². The molecule has 1 aliphatic carbocycles. The van der Waals surface area contributed by atoms with E-state index < -0.39 is 17.8 Å². The summed E-state index contributed by atoms with van der Waals surface area (Å²) in [7, 11) is 0. The van der Waals surface area contributed by atoms with Gasteiger partial charge in [-0.25, -0.2) is 4.39 Å².